The molecule has 3 nitrogen and oxygen atoms in total. The minimum Gasteiger partial charge on any atom is -0.388 e. The first-order valence-corrected chi connectivity index (χ1v) is 5.52. The largest absolute Gasteiger partial charge is 0.388 e. The van der Waals surface area contributed by atoms with E-state index >= 15 is 0 Å². The number of nitrogens with one attached hydrogen (secondary N) is 1. The van der Waals surface area contributed by atoms with Crippen molar-refractivity contribution in [1.29, 1.82) is 0 Å². The van der Waals surface area contributed by atoms with E-state index in [4.69, 9.17) is 34.8 Å². The van der Waals surface area contributed by atoms with Crippen molar-refractivity contribution in [1.82, 2.24) is 5.32 Å². The van der Waals surface area contributed by atoms with Gasteiger partial charge in [-0.05, 0) is 6.42 Å². The highest BCUT2D eigenvalue weighted by molar-refractivity contribution is 6.68. The second-order valence-electron chi connectivity index (χ2n) is 2.97. The minimum atomic E-state index is -1.80. The molecule has 0 aromatic rings. The van der Waals surface area contributed by atoms with E-state index in [1.807, 2.05) is 6.92 Å². The van der Waals surface area contributed by atoms with Crippen LogP contribution in [-0.4, -0.2) is 27.5 Å². The van der Waals surface area contributed by atoms with E-state index in [-0.39, 0.29) is 12.3 Å². The van der Waals surface area contributed by atoms with Crippen LogP contribution in [0.15, 0.2) is 0 Å². The molecule has 0 rings (SSSR count). The zero-order chi connectivity index (χ0) is 11.2. The third kappa shape index (κ3) is 6.71. The third-order valence-electron chi connectivity index (χ3n) is 1.61. The van der Waals surface area contributed by atoms with Crippen LogP contribution in [0.3, 0.4) is 0 Å². The highest BCUT2D eigenvalue weighted by atomic mass is 35.6. The van der Waals surface area contributed by atoms with Gasteiger partial charge in [-0.25, -0.2) is 0 Å². The summed E-state index contributed by atoms with van der Waals surface area (Å²) in [5.41, 5.74) is 0. The van der Waals surface area contributed by atoms with E-state index in [2.05, 4.69) is 5.32 Å². The Hall–Kier alpha value is 0.300. The molecule has 0 aromatic carbocycles. The van der Waals surface area contributed by atoms with Crippen molar-refractivity contribution in [2.24, 2.45) is 0 Å². The standard InChI is InChI=1S/C8H14Cl3NO2/c1-2-3-4-12-7(14)5-6(13)8(9,10)11/h6,13H,2-5H2,1H3,(H,12,14). The van der Waals surface area contributed by atoms with Gasteiger partial charge < -0.3 is 10.4 Å². The number of aliphatic hydroxyl groups excluding tert-OH is 1. The molecule has 0 heterocycles. The Balaban J connectivity index is 3.72. The number of aliphatic hydroxyl groups is 1. The quantitative estimate of drug-likeness (QED) is 0.588. The van der Waals surface area contributed by atoms with Crippen LogP contribution in [0, 0.1) is 0 Å². The Kier molecular flexibility index (Phi) is 6.87. The summed E-state index contributed by atoms with van der Waals surface area (Å²) < 4.78 is -1.80. The Bertz CT molecular complexity index is 182. The molecule has 0 fully saturated rings. The lowest BCUT2D eigenvalue weighted by molar-refractivity contribution is -0.122. The van der Waals surface area contributed by atoms with Gasteiger partial charge in [0.2, 0.25) is 9.70 Å². The van der Waals surface area contributed by atoms with Gasteiger partial charge in [0.05, 0.1) is 6.42 Å². The first kappa shape index (κ1) is 14.3. The van der Waals surface area contributed by atoms with Gasteiger partial charge >= 0.3 is 0 Å². The lowest BCUT2D eigenvalue weighted by atomic mass is 10.2. The number of amides is 1. The molecule has 2 N–H and O–H groups in total. The molecule has 0 aliphatic carbocycles. The second-order valence-corrected chi connectivity index (χ2v) is 5.33. The summed E-state index contributed by atoms with van der Waals surface area (Å²) in [6.07, 6.45) is 0.428. The average Bonchev–Trinajstić information content (AvgIpc) is 2.03. The first-order valence-electron chi connectivity index (χ1n) is 4.39. The van der Waals surface area contributed by atoms with Crippen LogP contribution in [0.5, 0.6) is 0 Å². The second kappa shape index (κ2) is 6.72. The van der Waals surface area contributed by atoms with Gasteiger partial charge in [0, 0.05) is 6.54 Å². The van der Waals surface area contributed by atoms with E-state index in [1.54, 1.807) is 0 Å². The highest BCUT2D eigenvalue weighted by Crippen LogP contribution is 2.31. The number of alkyl halides is 3. The summed E-state index contributed by atoms with van der Waals surface area (Å²) in [5.74, 6) is -0.308. The van der Waals surface area contributed by atoms with E-state index < -0.39 is 9.90 Å². The fraction of sp³-hybridized carbons (Fsp3) is 0.875. The summed E-state index contributed by atoms with van der Waals surface area (Å²) in [6, 6.07) is 0. The van der Waals surface area contributed by atoms with Crippen molar-refractivity contribution in [2.75, 3.05) is 6.54 Å². The lowest BCUT2D eigenvalue weighted by Gasteiger charge is -2.18. The highest BCUT2D eigenvalue weighted by Gasteiger charge is 2.32. The third-order valence-corrected chi connectivity index (χ3v) is 2.36. The molecule has 0 spiro atoms. The number of rotatable bonds is 5. The van der Waals surface area contributed by atoms with Crippen molar-refractivity contribution >= 4 is 40.7 Å². The first-order chi connectivity index (χ1) is 6.38. The summed E-state index contributed by atoms with van der Waals surface area (Å²) in [4.78, 5) is 11.1. The summed E-state index contributed by atoms with van der Waals surface area (Å²) in [5, 5.41) is 11.9. The minimum absolute atomic E-state index is 0.194. The van der Waals surface area contributed by atoms with Crippen LogP contribution in [0.25, 0.3) is 0 Å². The van der Waals surface area contributed by atoms with Gasteiger partial charge in [0.15, 0.2) is 0 Å². The summed E-state index contributed by atoms with van der Waals surface area (Å²) in [6.45, 7) is 2.60. The Labute approximate surface area is 98.7 Å². The van der Waals surface area contributed by atoms with Gasteiger partial charge in [0.25, 0.3) is 0 Å². The topological polar surface area (TPSA) is 49.3 Å². The van der Waals surface area contributed by atoms with Crippen LogP contribution in [0.1, 0.15) is 26.2 Å². The number of carbonyl (C=O) groups excluding carboxylic acids is 1. The number of unbranched alkanes of at least 4 members (excludes halogenated alkanes) is 1. The SMILES string of the molecule is CCCCNC(=O)CC(O)C(Cl)(Cl)Cl. The van der Waals surface area contributed by atoms with Crippen molar-refractivity contribution in [3.8, 4) is 0 Å². The molecule has 0 aliphatic rings. The lowest BCUT2D eigenvalue weighted by Crippen LogP contribution is -2.34. The Morgan fingerprint density at radius 2 is 2.07 bits per heavy atom. The van der Waals surface area contributed by atoms with Crippen LogP contribution < -0.4 is 5.32 Å². The maximum atomic E-state index is 11.1. The zero-order valence-electron chi connectivity index (χ0n) is 7.90. The van der Waals surface area contributed by atoms with E-state index in [1.165, 1.54) is 0 Å². The van der Waals surface area contributed by atoms with Gasteiger partial charge in [-0.15, -0.1) is 0 Å². The van der Waals surface area contributed by atoms with Crippen LogP contribution in [0.2, 0.25) is 0 Å². The molecule has 0 radical (unpaired) electrons. The predicted octanol–water partition coefficient (Wildman–Crippen LogP) is 2.02. The van der Waals surface area contributed by atoms with E-state index in [0.717, 1.165) is 12.8 Å². The fourth-order valence-electron chi connectivity index (χ4n) is 0.768. The monoisotopic (exact) mass is 261 g/mol. The molecule has 1 amide bonds. The molecule has 14 heavy (non-hydrogen) atoms. The molecule has 0 aromatic heterocycles. The maximum absolute atomic E-state index is 11.1. The number of halogens is 3. The molecule has 84 valence electrons. The number of hydrogen-bond acceptors (Lipinski definition) is 2. The van der Waals surface area contributed by atoms with Gasteiger partial charge in [-0.2, -0.15) is 0 Å². The molecule has 6 heteroatoms. The van der Waals surface area contributed by atoms with Gasteiger partial charge in [0.1, 0.15) is 6.10 Å². The summed E-state index contributed by atoms with van der Waals surface area (Å²) in [7, 11) is 0. The molecule has 0 saturated heterocycles. The van der Waals surface area contributed by atoms with Gasteiger partial charge in [-0.1, -0.05) is 48.1 Å². The predicted molar refractivity (Wildman–Crippen MR) is 58.8 cm³/mol. The number of carbonyl (C=O) groups is 1. The maximum Gasteiger partial charge on any atom is 0.222 e. The molecular formula is C8H14Cl3NO2. The normalized spacial score (nSPS) is 13.8. The molecule has 0 aliphatic heterocycles. The molecule has 1 unspecified atom stereocenters. The van der Waals surface area contributed by atoms with Gasteiger partial charge in [-0.3, -0.25) is 4.79 Å². The average molecular weight is 263 g/mol. The van der Waals surface area contributed by atoms with Crippen LogP contribution in [0.4, 0.5) is 0 Å². The van der Waals surface area contributed by atoms with Crippen molar-refractivity contribution in [3.63, 3.8) is 0 Å². The molecule has 0 bridgehead atoms. The van der Waals surface area contributed by atoms with E-state index in [9.17, 15) is 9.90 Å². The molecule has 0 saturated carbocycles. The molecular weight excluding hydrogens is 248 g/mol. The van der Waals surface area contributed by atoms with Crippen molar-refractivity contribution < 1.29 is 9.90 Å². The Morgan fingerprint density at radius 1 is 1.50 bits per heavy atom. The number of hydrogen-bond donors (Lipinski definition) is 2. The van der Waals surface area contributed by atoms with Crippen molar-refractivity contribution in [3.05, 3.63) is 0 Å². The fourth-order valence-corrected chi connectivity index (χ4v) is 1.000. The van der Waals surface area contributed by atoms with E-state index in [0.29, 0.717) is 6.54 Å². The Morgan fingerprint density at radius 3 is 2.50 bits per heavy atom. The van der Waals surface area contributed by atoms with Crippen LogP contribution in [-0.2, 0) is 4.79 Å². The smallest absolute Gasteiger partial charge is 0.222 e. The summed E-state index contributed by atoms with van der Waals surface area (Å²) >= 11 is 16.2. The van der Waals surface area contributed by atoms with Crippen molar-refractivity contribution in [2.45, 2.75) is 36.1 Å². The zero-order valence-corrected chi connectivity index (χ0v) is 10.2. The van der Waals surface area contributed by atoms with Crippen LogP contribution >= 0.6 is 34.8 Å². The molecule has 1 atom stereocenters.